The van der Waals surface area contributed by atoms with Crippen molar-refractivity contribution in [2.45, 2.75) is 51.0 Å². The molecular weight excluding hydrogens is 420 g/mol. The summed E-state index contributed by atoms with van der Waals surface area (Å²) in [5.41, 5.74) is 2.58. The molecule has 1 N–H and O–H groups in total. The summed E-state index contributed by atoms with van der Waals surface area (Å²) >= 11 is 0. The Morgan fingerprint density at radius 2 is 1.47 bits per heavy atom. The molecule has 0 aliphatic heterocycles. The van der Waals surface area contributed by atoms with E-state index in [1.807, 2.05) is 18.2 Å². The minimum absolute atomic E-state index is 0.346. The summed E-state index contributed by atoms with van der Waals surface area (Å²) in [6.07, 6.45) is 8.12. The molecule has 1 amide bonds. The van der Waals surface area contributed by atoms with Crippen LogP contribution in [-0.4, -0.2) is 26.6 Å². The lowest BCUT2D eigenvalue weighted by molar-refractivity contribution is -0.116. The van der Waals surface area contributed by atoms with Crippen molar-refractivity contribution in [1.82, 2.24) is 0 Å². The Morgan fingerprint density at radius 1 is 0.906 bits per heavy atom. The molecule has 0 spiro atoms. The minimum atomic E-state index is -3.61. The van der Waals surface area contributed by atoms with Gasteiger partial charge in [-0.15, -0.1) is 0 Å². The molecule has 1 atom stereocenters. The quantitative estimate of drug-likeness (QED) is 0.669. The number of anilines is 2. The highest BCUT2D eigenvalue weighted by Crippen LogP contribution is 2.59. The Bertz CT molecular complexity index is 1050. The van der Waals surface area contributed by atoms with Crippen LogP contribution in [0.4, 0.5) is 11.4 Å². The third-order valence-corrected chi connectivity index (χ3v) is 9.13. The van der Waals surface area contributed by atoms with Gasteiger partial charge in [-0.25, -0.2) is 8.42 Å². The predicted octanol–water partition coefficient (Wildman–Crippen LogP) is 5.02. The molecule has 5 nitrogen and oxygen atoms in total. The van der Waals surface area contributed by atoms with E-state index in [1.165, 1.54) is 42.0 Å². The highest BCUT2D eigenvalue weighted by molar-refractivity contribution is 7.92. The second kappa shape index (κ2) is 8.22. The number of benzene rings is 2. The number of sulfonamides is 1. The van der Waals surface area contributed by atoms with Crippen LogP contribution < -0.4 is 9.62 Å². The highest BCUT2D eigenvalue weighted by Gasteiger charge is 2.48. The molecule has 2 aromatic carbocycles. The van der Waals surface area contributed by atoms with Crippen molar-refractivity contribution in [2.75, 3.05) is 15.9 Å². The summed E-state index contributed by atoms with van der Waals surface area (Å²) in [4.78, 5) is 12.9. The van der Waals surface area contributed by atoms with E-state index in [4.69, 9.17) is 0 Å². The highest BCUT2D eigenvalue weighted by atomic mass is 32.2. The van der Waals surface area contributed by atoms with Gasteiger partial charge in [0.1, 0.15) is 6.04 Å². The first-order valence-electron chi connectivity index (χ1n) is 11.7. The van der Waals surface area contributed by atoms with Crippen LogP contribution in [0.1, 0.15) is 50.5 Å². The Kier molecular flexibility index (Phi) is 5.52. The van der Waals surface area contributed by atoms with Crippen LogP contribution >= 0.6 is 0 Å². The van der Waals surface area contributed by atoms with E-state index in [0.717, 1.165) is 29.9 Å². The van der Waals surface area contributed by atoms with Crippen LogP contribution in [0.25, 0.3) is 0 Å². The number of amides is 1. The first-order valence-corrected chi connectivity index (χ1v) is 13.6. The molecule has 4 fully saturated rings. The molecule has 0 unspecified atom stereocenters. The molecule has 0 radical (unpaired) electrons. The van der Waals surface area contributed by atoms with Gasteiger partial charge in [-0.2, -0.15) is 0 Å². The fourth-order valence-electron chi connectivity index (χ4n) is 6.89. The van der Waals surface area contributed by atoms with Gasteiger partial charge >= 0.3 is 0 Å². The van der Waals surface area contributed by atoms with Crippen molar-refractivity contribution in [1.29, 1.82) is 0 Å². The fourth-order valence-corrected chi connectivity index (χ4v) is 8.06. The van der Waals surface area contributed by atoms with E-state index in [2.05, 4.69) is 17.4 Å². The number of hydrogen-bond acceptors (Lipinski definition) is 3. The summed E-state index contributed by atoms with van der Waals surface area (Å²) in [7, 11) is -3.61. The molecule has 4 bridgehead atoms. The lowest BCUT2D eigenvalue weighted by atomic mass is 9.51. The van der Waals surface area contributed by atoms with Crippen LogP contribution in [0.5, 0.6) is 0 Å². The number of rotatable bonds is 6. The molecular formula is C26H32N2O3S. The van der Waals surface area contributed by atoms with E-state index in [0.29, 0.717) is 17.3 Å². The van der Waals surface area contributed by atoms with Crippen LogP contribution in [0.15, 0.2) is 54.6 Å². The molecule has 32 heavy (non-hydrogen) atoms. The Morgan fingerprint density at radius 3 is 2.00 bits per heavy atom. The van der Waals surface area contributed by atoms with Crippen molar-refractivity contribution in [3.8, 4) is 0 Å². The van der Waals surface area contributed by atoms with Crippen molar-refractivity contribution in [3.05, 3.63) is 60.2 Å². The molecule has 4 aliphatic rings. The molecule has 0 saturated heterocycles. The minimum Gasteiger partial charge on any atom is -0.324 e. The molecule has 170 valence electrons. The van der Waals surface area contributed by atoms with Gasteiger partial charge in [0.15, 0.2) is 0 Å². The Hall–Kier alpha value is -2.34. The monoisotopic (exact) mass is 452 g/mol. The molecule has 4 aliphatic carbocycles. The number of nitrogens with one attached hydrogen (secondary N) is 1. The zero-order valence-corrected chi connectivity index (χ0v) is 19.6. The fraction of sp³-hybridized carbons (Fsp3) is 0.500. The van der Waals surface area contributed by atoms with Crippen molar-refractivity contribution in [2.24, 2.45) is 23.7 Å². The zero-order chi connectivity index (χ0) is 22.5. The molecule has 0 aromatic heterocycles. The predicted molar refractivity (Wildman–Crippen MR) is 128 cm³/mol. The van der Waals surface area contributed by atoms with E-state index in [9.17, 15) is 13.2 Å². The summed E-state index contributed by atoms with van der Waals surface area (Å²) in [5, 5.41) is 2.91. The maximum Gasteiger partial charge on any atom is 0.247 e. The first kappa shape index (κ1) is 21.5. The lowest BCUT2D eigenvalue weighted by Crippen LogP contribution is -2.45. The number of carbonyl (C=O) groups is 1. The Balaban J connectivity index is 1.29. The second-order valence-electron chi connectivity index (χ2n) is 10.1. The number of carbonyl (C=O) groups excluding carboxylic acids is 1. The molecule has 2 aromatic rings. The molecule has 6 rings (SSSR count). The average molecular weight is 453 g/mol. The maximum atomic E-state index is 12.9. The van der Waals surface area contributed by atoms with Crippen LogP contribution in [0, 0.1) is 23.7 Å². The van der Waals surface area contributed by atoms with Gasteiger partial charge in [-0.3, -0.25) is 9.10 Å². The van der Waals surface area contributed by atoms with E-state index in [-0.39, 0.29) is 5.91 Å². The molecule has 6 heteroatoms. The summed E-state index contributed by atoms with van der Waals surface area (Å²) in [6, 6.07) is 16.2. The van der Waals surface area contributed by atoms with Crippen LogP contribution in [-0.2, 0) is 14.8 Å². The third kappa shape index (κ3) is 4.05. The maximum absolute atomic E-state index is 12.9. The molecule has 4 saturated carbocycles. The smallest absolute Gasteiger partial charge is 0.247 e. The van der Waals surface area contributed by atoms with Gasteiger partial charge in [-0.05, 0) is 98.4 Å². The van der Waals surface area contributed by atoms with E-state index in [1.54, 1.807) is 31.2 Å². The van der Waals surface area contributed by atoms with Gasteiger partial charge in [0.05, 0.1) is 11.9 Å². The number of nitrogens with zero attached hydrogens (tertiary/aromatic N) is 1. The average Bonchev–Trinajstić information content (AvgIpc) is 2.74. The van der Waals surface area contributed by atoms with Gasteiger partial charge in [-0.1, -0.05) is 30.3 Å². The Labute approximate surface area is 191 Å². The second-order valence-corrected chi connectivity index (χ2v) is 12.0. The standard InChI is InChI=1S/C26H32N2O3S/c1-17(28(32(2,30)31)24-6-4-3-5-7-24)26(29)27-23-10-8-20(9-11-23)25-21-13-18-12-19(15-21)16-22(25)14-18/h3-11,17-19,21-22,25H,12-16H2,1-2H3,(H,27,29)/t17-,18?,19?,21?,22?,25?/m0/s1. The van der Waals surface area contributed by atoms with Crippen molar-refractivity contribution >= 4 is 27.3 Å². The van der Waals surface area contributed by atoms with Gasteiger partial charge in [0, 0.05) is 5.69 Å². The lowest BCUT2D eigenvalue weighted by Gasteiger charge is -2.54. The third-order valence-electron chi connectivity index (χ3n) is 7.89. The first-order chi connectivity index (χ1) is 15.3. The number of para-hydroxylation sites is 1. The topological polar surface area (TPSA) is 66.5 Å². The van der Waals surface area contributed by atoms with E-state index < -0.39 is 16.1 Å². The number of hydrogen-bond donors (Lipinski definition) is 1. The normalized spacial score (nSPS) is 29.5. The van der Waals surface area contributed by atoms with Crippen LogP contribution in [0.3, 0.4) is 0 Å². The largest absolute Gasteiger partial charge is 0.324 e. The van der Waals surface area contributed by atoms with Crippen molar-refractivity contribution in [3.63, 3.8) is 0 Å². The van der Waals surface area contributed by atoms with E-state index >= 15 is 0 Å². The van der Waals surface area contributed by atoms with Crippen LogP contribution in [0.2, 0.25) is 0 Å². The SMILES string of the molecule is C[C@@H](C(=O)Nc1ccc(C2C3CC4CC(C3)CC2C4)cc1)N(c1ccccc1)S(C)(=O)=O. The summed E-state index contributed by atoms with van der Waals surface area (Å²) < 4.78 is 26.0. The van der Waals surface area contributed by atoms with Gasteiger partial charge in [0.25, 0.3) is 0 Å². The summed E-state index contributed by atoms with van der Waals surface area (Å²) in [5.74, 6) is 3.86. The van der Waals surface area contributed by atoms with Gasteiger partial charge in [0.2, 0.25) is 15.9 Å². The summed E-state index contributed by atoms with van der Waals surface area (Å²) in [6.45, 7) is 1.62. The van der Waals surface area contributed by atoms with Crippen molar-refractivity contribution < 1.29 is 13.2 Å². The zero-order valence-electron chi connectivity index (χ0n) is 18.8. The molecule has 0 heterocycles. The van der Waals surface area contributed by atoms with Gasteiger partial charge < -0.3 is 5.32 Å².